The van der Waals surface area contributed by atoms with Gasteiger partial charge < -0.3 is 14.5 Å². The highest BCUT2D eigenvalue weighted by Gasteiger charge is 2.16. The smallest absolute Gasteiger partial charge is 0.278 e. The highest BCUT2D eigenvalue weighted by molar-refractivity contribution is 5.82. The fourth-order valence-electron chi connectivity index (χ4n) is 2.04. The first kappa shape index (κ1) is 12.0. The molecule has 0 unspecified atom stereocenters. The molecule has 2 aromatic rings. The van der Waals surface area contributed by atoms with Gasteiger partial charge in [0.05, 0.1) is 24.4 Å². The maximum atomic E-state index is 12.7. The maximum Gasteiger partial charge on any atom is 0.278 e. The summed E-state index contributed by atoms with van der Waals surface area (Å²) in [6.45, 7) is 1.00. The Morgan fingerprint density at radius 1 is 1.11 bits per heavy atom. The van der Waals surface area contributed by atoms with Crippen LogP contribution in [0, 0.1) is 0 Å². The summed E-state index contributed by atoms with van der Waals surface area (Å²) in [6, 6.07) is 3.98. The topological polar surface area (TPSA) is 51.3 Å². The van der Waals surface area contributed by atoms with E-state index in [1.165, 1.54) is 12.1 Å². The van der Waals surface area contributed by atoms with Crippen LogP contribution in [0.1, 0.15) is 18.5 Å². The van der Waals surface area contributed by atoms with Crippen LogP contribution in [0.15, 0.2) is 23.0 Å². The van der Waals surface area contributed by atoms with E-state index in [1.54, 1.807) is 0 Å². The van der Waals surface area contributed by atoms with Crippen molar-refractivity contribution >= 4 is 10.9 Å². The minimum Gasteiger partial charge on any atom is -0.490 e. The van der Waals surface area contributed by atoms with Crippen molar-refractivity contribution in [1.82, 2.24) is 4.98 Å². The van der Waals surface area contributed by atoms with Gasteiger partial charge in [-0.2, -0.15) is 0 Å². The number of hydrogen-bond acceptors (Lipinski definition) is 3. The van der Waals surface area contributed by atoms with E-state index in [-0.39, 0.29) is 0 Å². The third kappa shape index (κ3) is 2.14. The van der Waals surface area contributed by atoms with E-state index in [0.29, 0.717) is 35.6 Å². The standard InChI is InChI=1S/C13H11F2NO3/c14-13(15)9-5-10(17)7-4-11-12(6-8(7)16-9)19-3-1-2-18-11/h4-6,13H,1-3H2,(H,16,17). The molecule has 0 fully saturated rings. The van der Waals surface area contributed by atoms with Gasteiger partial charge in [-0.1, -0.05) is 0 Å². The van der Waals surface area contributed by atoms with Gasteiger partial charge >= 0.3 is 0 Å². The number of aromatic nitrogens is 1. The first-order valence-electron chi connectivity index (χ1n) is 5.90. The Labute approximate surface area is 107 Å². The Hall–Kier alpha value is -2.11. The number of alkyl halides is 2. The molecule has 1 aliphatic heterocycles. The molecule has 2 heterocycles. The van der Waals surface area contributed by atoms with Crippen LogP contribution in [-0.2, 0) is 0 Å². The van der Waals surface area contributed by atoms with E-state index >= 15 is 0 Å². The molecule has 19 heavy (non-hydrogen) atoms. The van der Waals surface area contributed by atoms with Crippen molar-refractivity contribution in [1.29, 1.82) is 0 Å². The minimum atomic E-state index is -2.71. The Morgan fingerprint density at radius 3 is 2.47 bits per heavy atom. The summed E-state index contributed by atoms with van der Waals surface area (Å²) in [5, 5.41) is 0.314. The molecule has 0 bridgehead atoms. The van der Waals surface area contributed by atoms with Crippen LogP contribution < -0.4 is 14.9 Å². The van der Waals surface area contributed by atoms with Crippen LogP contribution in [0.2, 0.25) is 0 Å². The van der Waals surface area contributed by atoms with Crippen LogP contribution in [0.4, 0.5) is 8.78 Å². The van der Waals surface area contributed by atoms with Gasteiger partial charge in [-0.25, -0.2) is 8.78 Å². The third-order valence-electron chi connectivity index (χ3n) is 2.95. The number of benzene rings is 1. The van der Waals surface area contributed by atoms with Crippen molar-refractivity contribution < 1.29 is 18.3 Å². The maximum absolute atomic E-state index is 12.7. The van der Waals surface area contributed by atoms with Gasteiger partial charge in [-0.15, -0.1) is 0 Å². The lowest BCUT2D eigenvalue weighted by atomic mass is 10.1. The van der Waals surface area contributed by atoms with Gasteiger partial charge in [-0.3, -0.25) is 4.79 Å². The van der Waals surface area contributed by atoms with Gasteiger partial charge in [0, 0.05) is 23.9 Å². The number of hydrogen-bond donors (Lipinski definition) is 1. The van der Waals surface area contributed by atoms with E-state index in [0.717, 1.165) is 12.5 Å². The largest absolute Gasteiger partial charge is 0.490 e. The molecule has 3 rings (SSSR count). The monoisotopic (exact) mass is 267 g/mol. The number of aromatic amines is 1. The van der Waals surface area contributed by atoms with Gasteiger partial charge in [0.25, 0.3) is 6.43 Å². The third-order valence-corrected chi connectivity index (χ3v) is 2.95. The zero-order chi connectivity index (χ0) is 13.4. The molecule has 0 spiro atoms. The summed E-state index contributed by atoms with van der Waals surface area (Å²) in [5.74, 6) is 0.937. The number of halogens is 2. The normalized spacial score (nSPS) is 14.7. The summed E-state index contributed by atoms with van der Waals surface area (Å²) in [4.78, 5) is 14.4. The summed E-state index contributed by atoms with van der Waals surface area (Å²) in [5.41, 5.74) is -0.529. The average Bonchev–Trinajstić information content (AvgIpc) is 2.61. The lowest BCUT2D eigenvalue weighted by Gasteiger charge is -2.09. The lowest BCUT2D eigenvalue weighted by Crippen LogP contribution is -2.06. The van der Waals surface area contributed by atoms with Gasteiger partial charge in [-0.05, 0) is 6.07 Å². The molecule has 0 saturated heterocycles. The van der Waals surface area contributed by atoms with Crippen molar-refractivity contribution in [2.24, 2.45) is 0 Å². The Balaban J connectivity index is 2.23. The van der Waals surface area contributed by atoms with E-state index in [1.807, 2.05) is 0 Å². The number of nitrogens with one attached hydrogen (secondary N) is 1. The van der Waals surface area contributed by atoms with Gasteiger partial charge in [0.15, 0.2) is 16.9 Å². The summed E-state index contributed by atoms with van der Waals surface area (Å²) < 4.78 is 36.2. The van der Waals surface area contributed by atoms with E-state index in [2.05, 4.69) is 4.98 Å². The van der Waals surface area contributed by atoms with Crippen LogP contribution in [0.25, 0.3) is 10.9 Å². The molecular weight excluding hydrogens is 256 g/mol. The Bertz CT molecular complexity index is 681. The van der Waals surface area contributed by atoms with Crippen molar-refractivity contribution in [2.45, 2.75) is 12.8 Å². The molecular formula is C13H11F2NO3. The minimum absolute atomic E-state index is 0.314. The van der Waals surface area contributed by atoms with Gasteiger partial charge in [0.1, 0.15) is 0 Å². The number of fused-ring (bicyclic) bond motifs is 2. The second-order valence-corrected chi connectivity index (χ2v) is 4.28. The molecule has 1 aromatic carbocycles. The molecule has 0 atom stereocenters. The zero-order valence-corrected chi connectivity index (χ0v) is 9.91. The van der Waals surface area contributed by atoms with Crippen LogP contribution in [0.5, 0.6) is 11.5 Å². The SMILES string of the molecule is O=c1cc(C(F)F)[nH]c2cc3c(cc12)OCCCO3. The van der Waals surface area contributed by atoms with Crippen molar-refractivity contribution in [2.75, 3.05) is 13.2 Å². The molecule has 1 N–H and O–H groups in total. The first-order valence-corrected chi connectivity index (χ1v) is 5.90. The lowest BCUT2D eigenvalue weighted by molar-refractivity contribution is 0.146. The molecule has 6 heteroatoms. The molecule has 0 radical (unpaired) electrons. The quantitative estimate of drug-likeness (QED) is 0.864. The van der Waals surface area contributed by atoms with E-state index in [4.69, 9.17) is 9.47 Å². The molecule has 0 aliphatic carbocycles. The molecule has 0 amide bonds. The Kier molecular flexibility index (Phi) is 2.85. The van der Waals surface area contributed by atoms with Gasteiger partial charge in [0.2, 0.25) is 0 Å². The van der Waals surface area contributed by atoms with Crippen LogP contribution in [0.3, 0.4) is 0 Å². The molecule has 4 nitrogen and oxygen atoms in total. The number of pyridine rings is 1. The molecule has 1 aromatic heterocycles. The first-order chi connectivity index (χ1) is 9.15. The fraction of sp³-hybridized carbons (Fsp3) is 0.308. The van der Waals surface area contributed by atoms with E-state index in [9.17, 15) is 13.6 Å². The predicted octanol–water partition coefficient (Wildman–Crippen LogP) is 2.63. The predicted molar refractivity (Wildman–Crippen MR) is 65.1 cm³/mol. The average molecular weight is 267 g/mol. The number of rotatable bonds is 1. The summed E-state index contributed by atoms with van der Waals surface area (Å²) >= 11 is 0. The zero-order valence-electron chi connectivity index (χ0n) is 9.91. The second kappa shape index (κ2) is 4.53. The number of ether oxygens (including phenoxy) is 2. The highest BCUT2D eigenvalue weighted by Crippen LogP contribution is 2.33. The molecule has 100 valence electrons. The van der Waals surface area contributed by atoms with Crippen molar-refractivity contribution in [3.63, 3.8) is 0 Å². The van der Waals surface area contributed by atoms with Crippen molar-refractivity contribution in [3.05, 3.63) is 34.1 Å². The molecule has 0 saturated carbocycles. The number of H-pyrrole nitrogens is 1. The molecule has 1 aliphatic rings. The van der Waals surface area contributed by atoms with Crippen LogP contribution >= 0.6 is 0 Å². The summed E-state index contributed by atoms with van der Waals surface area (Å²) in [6.07, 6.45) is -1.98. The second-order valence-electron chi connectivity index (χ2n) is 4.28. The van der Waals surface area contributed by atoms with Crippen molar-refractivity contribution in [3.8, 4) is 11.5 Å². The Morgan fingerprint density at radius 2 is 1.79 bits per heavy atom. The highest BCUT2D eigenvalue weighted by atomic mass is 19.3. The van der Waals surface area contributed by atoms with Crippen LogP contribution in [-0.4, -0.2) is 18.2 Å². The summed E-state index contributed by atoms with van der Waals surface area (Å²) in [7, 11) is 0. The fourth-order valence-corrected chi connectivity index (χ4v) is 2.04. The van der Waals surface area contributed by atoms with E-state index < -0.39 is 17.5 Å².